The average molecular weight is 291 g/mol. The first-order valence-electron chi connectivity index (χ1n) is 6.29. The first kappa shape index (κ1) is 14.7. The molecule has 2 rings (SSSR count). The van der Waals surface area contributed by atoms with Gasteiger partial charge >= 0.3 is 0 Å². The van der Waals surface area contributed by atoms with Crippen molar-refractivity contribution in [3.05, 3.63) is 54.6 Å². The number of sulfonamides is 1. The maximum Gasteiger partial charge on any atom is 0.243 e. The Morgan fingerprint density at radius 1 is 1.00 bits per heavy atom. The molecular formula is C15H17NO3S. The van der Waals surface area contributed by atoms with Gasteiger partial charge in [-0.1, -0.05) is 48.5 Å². The summed E-state index contributed by atoms with van der Waals surface area (Å²) in [5, 5.41) is 8.93. The lowest BCUT2D eigenvalue weighted by atomic mass is 10.1. The number of benzene rings is 2. The second kappa shape index (κ2) is 6.17. The average Bonchev–Trinajstić information content (AvgIpc) is 2.48. The summed E-state index contributed by atoms with van der Waals surface area (Å²) in [6.07, 6.45) is 0. The molecule has 2 aromatic rings. The number of nitrogens with zero attached hydrogens (tertiary/aromatic N) is 1. The van der Waals surface area contributed by atoms with Crippen molar-refractivity contribution in [3.63, 3.8) is 0 Å². The summed E-state index contributed by atoms with van der Waals surface area (Å²) < 4.78 is 26.2. The van der Waals surface area contributed by atoms with Crippen LogP contribution in [0.15, 0.2) is 59.5 Å². The Balaban J connectivity index is 2.54. The fraction of sp³-hybridized carbons (Fsp3) is 0.200. The van der Waals surface area contributed by atoms with E-state index in [4.69, 9.17) is 5.11 Å². The van der Waals surface area contributed by atoms with Crippen LogP contribution in [0, 0.1) is 0 Å². The zero-order chi connectivity index (χ0) is 14.6. The number of likely N-dealkylation sites (N-methyl/N-ethyl adjacent to an activating group) is 1. The van der Waals surface area contributed by atoms with Crippen LogP contribution in [-0.4, -0.2) is 38.0 Å². The van der Waals surface area contributed by atoms with Gasteiger partial charge in [0.25, 0.3) is 0 Å². The minimum absolute atomic E-state index is 0.0749. The molecule has 0 saturated heterocycles. The Morgan fingerprint density at radius 3 is 2.25 bits per heavy atom. The third kappa shape index (κ3) is 2.90. The van der Waals surface area contributed by atoms with E-state index in [-0.39, 0.29) is 18.0 Å². The molecule has 0 aliphatic heterocycles. The molecule has 0 bridgehead atoms. The molecule has 0 saturated carbocycles. The highest BCUT2D eigenvalue weighted by Gasteiger charge is 2.23. The van der Waals surface area contributed by atoms with Crippen LogP contribution >= 0.6 is 0 Å². The third-order valence-corrected chi connectivity index (χ3v) is 4.99. The zero-order valence-corrected chi connectivity index (χ0v) is 12.0. The van der Waals surface area contributed by atoms with Gasteiger partial charge in [-0.15, -0.1) is 0 Å². The minimum atomic E-state index is -3.61. The van der Waals surface area contributed by atoms with Crippen molar-refractivity contribution >= 4 is 10.0 Å². The maximum atomic E-state index is 12.5. The van der Waals surface area contributed by atoms with E-state index < -0.39 is 10.0 Å². The van der Waals surface area contributed by atoms with E-state index in [0.717, 1.165) is 9.87 Å². The number of hydrogen-bond acceptors (Lipinski definition) is 3. The molecule has 0 aliphatic carbocycles. The van der Waals surface area contributed by atoms with Gasteiger partial charge in [-0.25, -0.2) is 8.42 Å². The van der Waals surface area contributed by atoms with E-state index in [1.807, 2.05) is 36.4 Å². The fourth-order valence-corrected chi connectivity index (χ4v) is 3.35. The van der Waals surface area contributed by atoms with E-state index in [9.17, 15) is 8.42 Å². The number of rotatable bonds is 5. The van der Waals surface area contributed by atoms with Gasteiger partial charge in [0, 0.05) is 19.2 Å². The first-order valence-corrected chi connectivity index (χ1v) is 7.73. The monoisotopic (exact) mass is 291 g/mol. The van der Waals surface area contributed by atoms with Gasteiger partial charge in [0.15, 0.2) is 0 Å². The molecule has 0 atom stereocenters. The molecule has 0 aromatic heterocycles. The summed E-state index contributed by atoms with van der Waals surface area (Å²) in [4.78, 5) is 0.252. The summed E-state index contributed by atoms with van der Waals surface area (Å²) in [5.74, 6) is 0. The second-order valence-electron chi connectivity index (χ2n) is 4.41. The largest absolute Gasteiger partial charge is 0.395 e. The van der Waals surface area contributed by atoms with Crippen molar-refractivity contribution in [1.82, 2.24) is 4.31 Å². The number of hydrogen-bond donors (Lipinski definition) is 1. The number of aliphatic hydroxyl groups excluding tert-OH is 1. The summed E-state index contributed by atoms with van der Waals surface area (Å²) in [7, 11) is -2.14. The summed E-state index contributed by atoms with van der Waals surface area (Å²) in [6.45, 7) is -0.130. The Morgan fingerprint density at radius 2 is 1.60 bits per heavy atom. The molecule has 106 valence electrons. The molecule has 0 amide bonds. The van der Waals surface area contributed by atoms with Crippen molar-refractivity contribution in [2.24, 2.45) is 0 Å². The van der Waals surface area contributed by atoms with Crippen LogP contribution < -0.4 is 0 Å². The van der Waals surface area contributed by atoms with Crippen LogP contribution in [0.4, 0.5) is 0 Å². The highest BCUT2D eigenvalue weighted by Crippen LogP contribution is 2.28. The van der Waals surface area contributed by atoms with Gasteiger partial charge < -0.3 is 5.11 Å². The predicted octanol–water partition coefficient (Wildman–Crippen LogP) is 1.97. The Bertz CT molecular complexity index is 669. The molecule has 20 heavy (non-hydrogen) atoms. The molecule has 0 fully saturated rings. The Kier molecular flexibility index (Phi) is 4.54. The van der Waals surface area contributed by atoms with Gasteiger partial charge in [0.1, 0.15) is 0 Å². The molecule has 5 heteroatoms. The maximum absolute atomic E-state index is 12.5. The van der Waals surface area contributed by atoms with Crippen LogP contribution in [0.5, 0.6) is 0 Å². The van der Waals surface area contributed by atoms with Gasteiger partial charge in [-0.2, -0.15) is 4.31 Å². The van der Waals surface area contributed by atoms with Crippen LogP contribution in [0.2, 0.25) is 0 Å². The van der Waals surface area contributed by atoms with Crippen LogP contribution in [0.25, 0.3) is 11.1 Å². The van der Waals surface area contributed by atoms with Crippen LogP contribution in [-0.2, 0) is 10.0 Å². The quantitative estimate of drug-likeness (QED) is 0.916. The van der Waals surface area contributed by atoms with Gasteiger partial charge in [0.05, 0.1) is 11.5 Å². The van der Waals surface area contributed by atoms with Crippen molar-refractivity contribution in [1.29, 1.82) is 0 Å². The van der Waals surface area contributed by atoms with Crippen LogP contribution in [0.1, 0.15) is 0 Å². The summed E-state index contributed by atoms with van der Waals surface area (Å²) >= 11 is 0. The van der Waals surface area contributed by atoms with Crippen molar-refractivity contribution < 1.29 is 13.5 Å². The normalized spacial score (nSPS) is 11.8. The number of aliphatic hydroxyl groups is 1. The fourth-order valence-electron chi connectivity index (χ4n) is 1.98. The van der Waals surface area contributed by atoms with Crippen molar-refractivity contribution in [2.75, 3.05) is 20.2 Å². The van der Waals surface area contributed by atoms with Crippen molar-refractivity contribution in [2.45, 2.75) is 4.90 Å². The molecule has 1 N–H and O–H groups in total. The van der Waals surface area contributed by atoms with Gasteiger partial charge in [0.2, 0.25) is 10.0 Å². The third-order valence-electron chi connectivity index (χ3n) is 3.07. The zero-order valence-electron chi connectivity index (χ0n) is 11.2. The first-order chi connectivity index (χ1) is 9.57. The lowest BCUT2D eigenvalue weighted by molar-refractivity contribution is 0.266. The molecule has 0 aliphatic rings. The molecule has 4 nitrogen and oxygen atoms in total. The molecule has 2 aromatic carbocycles. The minimum Gasteiger partial charge on any atom is -0.395 e. The van der Waals surface area contributed by atoms with Gasteiger partial charge in [-0.3, -0.25) is 0 Å². The van der Waals surface area contributed by atoms with E-state index in [2.05, 4.69) is 0 Å². The molecule has 0 spiro atoms. The lowest BCUT2D eigenvalue weighted by Crippen LogP contribution is -2.30. The van der Waals surface area contributed by atoms with E-state index >= 15 is 0 Å². The second-order valence-corrected chi connectivity index (χ2v) is 6.43. The predicted molar refractivity (Wildman–Crippen MR) is 78.8 cm³/mol. The summed E-state index contributed by atoms with van der Waals surface area (Å²) in [6, 6.07) is 16.3. The highest BCUT2D eigenvalue weighted by molar-refractivity contribution is 7.89. The van der Waals surface area contributed by atoms with Crippen molar-refractivity contribution in [3.8, 4) is 11.1 Å². The SMILES string of the molecule is CN(CCO)S(=O)(=O)c1ccccc1-c1ccccc1. The highest BCUT2D eigenvalue weighted by atomic mass is 32.2. The topological polar surface area (TPSA) is 57.6 Å². The molecule has 0 radical (unpaired) electrons. The smallest absolute Gasteiger partial charge is 0.243 e. The van der Waals surface area contributed by atoms with Crippen LogP contribution in [0.3, 0.4) is 0 Å². The summed E-state index contributed by atoms with van der Waals surface area (Å²) in [5.41, 5.74) is 1.52. The van der Waals surface area contributed by atoms with Gasteiger partial charge in [-0.05, 0) is 11.6 Å². The standard InChI is InChI=1S/C15H17NO3S/c1-16(11-12-17)20(18,19)15-10-6-5-9-14(15)13-7-3-2-4-8-13/h2-10,17H,11-12H2,1H3. The Hall–Kier alpha value is -1.69. The lowest BCUT2D eigenvalue weighted by Gasteiger charge is -2.18. The Labute approximate surface area is 119 Å². The molecule has 0 heterocycles. The van der Waals surface area contributed by atoms with E-state index in [1.54, 1.807) is 18.2 Å². The molecular weight excluding hydrogens is 274 g/mol. The van der Waals surface area contributed by atoms with E-state index in [1.165, 1.54) is 7.05 Å². The molecule has 0 unspecified atom stereocenters. The van der Waals surface area contributed by atoms with E-state index in [0.29, 0.717) is 5.56 Å².